The fourth-order valence-electron chi connectivity index (χ4n) is 6.73. The van der Waals surface area contributed by atoms with E-state index in [0.717, 1.165) is 35.2 Å². The summed E-state index contributed by atoms with van der Waals surface area (Å²) in [6, 6.07) is 12.1. The summed E-state index contributed by atoms with van der Waals surface area (Å²) < 4.78 is 28.8. The normalized spacial score (nSPS) is 24.7. The van der Waals surface area contributed by atoms with E-state index in [9.17, 15) is 18.0 Å². The number of sulfonamides is 1. The van der Waals surface area contributed by atoms with Gasteiger partial charge in [-0.3, -0.25) is 13.9 Å². The molecule has 2 N–H and O–H groups in total. The molecule has 0 bridgehead atoms. The van der Waals surface area contributed by atoms with E-state index in [1.165, 1.54) is 0 Å². The van der Waals surface area contributed by atoms with Crippen molar-refractivity contribution in [3.05, 3.63) is 65.7 Å². The first kappa shape index (κ1) is 30.3. The van der Waals surface area contributed by atoms with Gasteiger partial charge in [0.25, 0.3) is 5.91 Å². The number of hydrogen-bond donors (Lipinski definition) is 2. The van der Waals surface area contributed by atoms with Gasteiger partial charge in [0.2, 0.25) is 15.9 Å². The summed E-state index contributed by atoms with van der Waals surface area (Å²) in [4.78, 5) is 28.7. The summed E-state index contributed by atoms with van der Waals surface area (Å²) in [6.07, 6.45) is 4.19. The Balaban J connectivity index is 1.54. The van der Waals surface area contributed by atoms with E-state index in [0.29, 0.717) is 37.1 Å². The minimum Gasteiger partial charge on any atom is -0.353 e. The van der Waals surface area contributed by atoms with Crippen molar-refractivity contribution in [3.63, 3.8) is 0 Å². The largest absolute Gasteiger partial charge is 0.353 e. The van der Waals surface area contributed by atoms with Crippen LogP contribution in [0.3, 0.4) is 0 Å². The zero-order chi connectivity index (χ0) is 30.4. The molecule has 3 aliphatic rings. The zero-order valence-electron chi connectivity index (χ0n) is 25.4. The Morgan fingerprint density at radius 3 is 2.43 bits per heavy atom. The average molecular weight is 593 g/mol. The van der Waals surface area contributed by atoms with Crippen molar-refractivity contribution >= 4 is 27.5 Å². The Kier molecular flexibility index (Phi) is 8.29. The first-order chi connectivity index (χ1) is 19.9. The standard InChI is InChI=1S/C33H44N4O4S/c1-7-12-33(13-14-33)42(40,41)37-19-22(3)30-27(31(38)34-18-28-21(2)15-23(4)35-32(28)39)16-26(17-29(30)37)25-10-8-24(9-11-25)20-36(5)6/h7-11,16-17,21-23,28H,1,12-15,18-20H2,2-6H3,(H,34,38)(H,35,39). The smallest absolute Gasteiger partial charge is 0.251 e. The van der Waals surface area contributed by atoms with E-state index in [1.807, 2.05) is 59.1 Å². The van der Waals surface area contributed by atoms with E-state index in [-0.39, 0.29) is 42.2 Å². The molecule has 0 aromatic heterocycles. The third-order valence-electron chi connectivity index (χ3n) is 9.17. The van der Waals surface area contributed by atoms with Crippen molar-refractivity contribution in [2.24, 2.45) is 11.8 Å². The summed E-state index contributed by atoms with van der Waals surface area (Å²) in [5, 5.41) is 6.03. The molecule has 2 amide bonds. The van der Waals surface area contributed by atoms with Crippen LogP contribution in [0.2, 0.25) is 0 Å². The molecule has 9 heteroatoms. The number of allylic oxidation sites excluding steroid dienone is 1. The quantitative estimate of drug-likeness (QED) is 0.391. The summed E-state index contributed by atoms with van der Waals surface area (Å²) in [6.45, 7) is 11.2. The molecule has 1 aliphatic carbocycles. The molecule has 5 rings (SSSR count). The molecule has 4 unspecified atom stereocenters. The van der Waals surface area contributed by atoms with Crippen LogP contribution in [-0.2, 0) is 21.4 Å². The first-order valence-electron chi connectivity index (χ1n) is 15.0. The third kappa shape index (κ3) is 5.61. The van der Waals surface area contributed by atoms with E-state index in [2.05, 4.69) is 34.2 Å². The maximum absolute atomic E-state index is 14.1. The topological polar surface area (TPSA) is 98.8 Å². The molecule has 2 aromatic rings. The van der Waals surface area contributed by atoms with E-state index in [1.54, 1.807) is 10.4 Å². The number of rotatable bonds is 10. The van der Waals surface area contributed by atoms with Crippen LogP contribution in [0.1, 0.15) is 73.9 Å². The number of hydrogen-bond acceptors (Lipinski definition) is 5. The maximum atomic E-state index is 14.1. The van der Waals surface area contributed by atoms with Crippen molar-refractivity contribution < 1.29 is 18.0 Å². The van der Waals surface area contributed by atoms with Crippen LogP contribution in [0.25, 0.3) is 11.1 Å². The van der Waals surface area contributed by atoms with Crippen molar-refractivity contribution in [1.29, 1.82) is 0 Å². The van der Waals surface area contributed by atoms with Crippen LogP contribution in [-0.4, -0.2) is 63.1 Å². The number of benzene rings is 2. The number of piperidine rings is 1. The molecule has 2 fully saturated rings. The summed E-state index contributed by atoms with van der Waals surface area (Å²) in [5.41, 5.74) is 4.65. The van der Waals surface area contributed by atoms with Gasteiger partial charge in [0, 0.05) is 37.2 Å². The molecule has 8 nitrogen and oxygen atoms in total. The van der Waals surface area contributed by atoms with Crippen LogP contribution in [0.5, 0.6) is 0 Å². The Bertz CT molecular complexity index is 1480. The summed E-state index contributed by atoms with van der Waals surface area (Å²) in [5.74, 6) is -0.654. The molecule has 42 heavy (non-hydrogen) atoms. The number of anilines is 1. The van der Waals surface area contributed by atoms with Gasteiger partial charge in [-0.1, -0.05) is 44.2 Å². The highest BCUT2D eigenvalue weighted by Gasteiger charge is 2.57. The van der Waals surface area contributed by atoms with Crippen molar-refractivity contribution in [2.45, 2.75) is 69.7 Å². The monoisotopic (exact) mass is 592 g/mol. The van der Waals surface area contributed by atoms with Gasteiger partial charge in [-0.25, -0.2) is 8.42 Å². The number of amides is 2. The fraction of sp³-hybridized carbons (Fsp3) is 0.515. The summed E-state index contributed by atoms with van der Waals surface area (Å²) >= 11 is 0. The van der Waals surface area contributed by atoms with Crippen molar-refractivity contribution in [2.75, 3.05) is 31.5 Å². The van der Waals surface area contributed by atoms with Gasteiger partial charge in [0.15, 0.2) is 0 Å². The number of fused-ring (bicyclic) bond motifs is 1. The van der Waals surface area contributed by atoms with Gasteiger partial charge in [-0.15, -0.1) is 6.58 Å². The minimum absolute atomic E-state index is 0.0408. The predicted molar refractivity (Wildman–Crippen MR) is 168 cm³/mol. The summed E-state index contributed by atoms with van der Waals surface area (Å²) in [7, 11) is 0.367. The highest BCUT2D eigenvalue weighted by molar-refractivity contribution is 7.94. The molecule has 2 aromatic carbocycles. The fourth-order valence-corrected chi connectivity index (χ4v) is 8.98. The average Bonchev–Trinajstić information content (AvgIpc) is 3.64. The molecule has 0 radical (unpaired) electrons. The molecular formula is C33H44N4O4S. The van der Waals surface area contributed by atoms with Crippen LogP contribution in [0, 0.1) is 11.8 Å². The first-order valence-corrected chi connectivity index (χ1v) is 16.4. The lowest BCUT2D eigenvalue weighted by molar-refractivity contribution is -0.129. The molecule has 4 atom stereocenters. The van der Waals surface area contributed by atoms with Gasteiger partial charge in [-0.2, -0.15) is 0 Å². The minimum atomic E-state index is -3.67. The number of carbonyl (C=O) groups is 2. The second-order valence-electron chi connectivity index (χ2n) is 12.9. The molecular weight excluding hydrogens is 548 g/mol. The Morgan fingerprint density at radius 2 is 1.83 bits per heavy atom. The number of nitrogens with zero attached hydrogens (tertiary/aromatic N) is 2. The Labute approximate surface area is 250 Å². The molecule has 226 valence electrons. The van der Waals surface area contributed by atoms with Crippen LogP contribution in [0.15, 0.2) is 49.1 Å². The number of carbonyl (C=O) groups excluding carboxylic acids is 2. The second-order valence-corrected chi connectivity index (χ2v) is 15.2. The van der Waals surface area contributed by atoms with Gasteiger partial charge >= 0.3 is 0 Å². The molecule has 2 heterocycles. The Morgan fingerprint density at radius 1 is 1.14 bits per heavy atom. The molecule has 1 saturated carbocycles. The highest BCUT2D eigenvalue weighted by atomic mass is 32.2. The SMILES string of the molecule is C=CCC1(S(=O)(=O)N2CC(C)c3c(C(=O)NCC4C(=O)NC(C)CC4C)cc(-c4ccc(CN(C)C)cc4)cc32)CC1. The van der Waals surface area contributed by atoms with Crippen molar-refractivity contribution in [1.82, 2.24) is 15.5 Å². The van der Waals surface area contributed by atoms with Gasteiger partial charge in [0.05, 0.1) is 16.4 Å². The Hall–Kier alpha value is -3.17. The lowest BCUT2D eigenvalue weighted by atomic mass is 9.84. The molecule has 0 spiro atoms. The van der Waals surface area contributed by atoms with E-state index >= 15 is 0 Å². The second kappa shape index (κ2) is 11.5. The van der Waals surface area contributed by atoms with E-state index in [4.69, 9.17) is 0 Å². The zero-order valence-corrected chi connectivity index (χ0v) is 26.3. The molecule has 1 saturated heterocycles. The van der Waals surface area contributed by atoms with Gasteiger partial charge < -0.3 is 15.5 Å². The van der Waals surface area contributed by atoms with E-state index < -0.39 is 14.8 Å². The van der Waals surface area contributed by atoms with Crippen LogP contribution >= 0.6 is 0 Å². The maximum Gasteiger partial charge on any atom is 0.251 e. The van der Waals surface area contributed by atoms with Crippen LogP contribution < -0.4 is 14.9 Å². The van der Waals surface area contributed by atoms with Crippen LogP contribution in [0.4, 0.5) is 5.69 Å². The van der Waals surface area contributed by atoms with Gasteiger partial charge in [-0.05, 0) is 87.0 Å². The van der Waals surface area contributed by atoms with Gasteiger partial charge in [0.1, 0.15) is 0 Å². The van der Waals surface area contributed by atoms with Crippen molar-refractivity contribution in [3.8, 4) is 11.1 Å². The lowest BCUT2D eigenvalue weighted by Crippen LogP contribution is -2.50. The highest BCUT2D eigenvalue weighted by Crippen LogP contribution is 2.52. The predicted octanol–water partition coefficient (Wildman–Crippen LogP) is 4.67. The number of nitrogens with one attached hydrogen (secondary N) is 2. The third-order valence-corrected chi connectivity index (χ3v) is 11.8. The molecule has 2 aliphatic heterocycles. The lowest BCUT2D eigenvalue weighted by Gasteiger charge is -2.32.